The van der Waals surface area contributed by atoms with Gasteiger partial charge in [0.05, 0.1) is 6.20 Å². The van der Waals surface area contributed by atoms with E-state index in [1.807, 2.05) is 6.92 Å². The van der Waals surface area contributed by atoms with Crippen LogP contribution in [0, 0.1) is 12.7 Å². The molecule has 0 aliphatic heterocycles. The highest BCUT2D eigenvalue weighted by Gasteiger charge is 2.21. The van der Waals surface area contributed by atoms with Gasteiger partial charge in [0.15, 0.2) is 0 Å². The third kappa shape index (κ3) is 3.25. The van der Waals surface area contributed by atoms with Crippen molar-refractivity contribution in [1.29, 1.82) is 0 Å². The van der Waals surface area contributed by atoms with Gasteiger partial charge in [-0.1, -0.05) is 0 Å². The molecule has 1 heterocycles. The SMILES string of the molecule is Cc1c(CNS(=O)(=O)c2cc(N)c(Br)cc2F)cnn1C. The largest absolute Gasteiger partial charge is 0.398 e. The van der Waals surface area contributed by atoms with Gasteiger partial charge in [-0.3, -0.25) is 4.68 Å². The van der Waals surface area contributed by atoms with Gasteiger partial charge >= 0.3 is 0 Å². The third-order valence-electron chi connectivity index (χ3n) is 3.13. The monoisotopic (exact) mass is 376 g/mol. The predicted octanol–water partition coefficient (Wildman–Crippen LogP) is 1.69. The van der Waals surface area contributed by atoms with E-state index in [-0.39, 0.29) is 12.2 Å². The highest BCUT2D eigenvalue weighted by atomic mass is 79.9. The quantitative estimate of drug-likeness (QED) is 0.794. The first-order valence-corrected chi connectivity index (χ1v) is 8.21. The van der Waals surface area contributed by atoms with E-state index in [0.717, 1.165) is 17.8 Å². The molecule has 0 radical (unpaired) electrons. The summed E-state index contributed by atoms with van der Waals surface area (Å²) in [6.07, 6.45) is 1.56. The molecule has 0 fully saturated rings. The van der Waals surface area contributed by atoms with Crippen molar-refractivity contribution in [1.82, 2.24) is 14.5 Å². The van der Waals surface area contributed by atoms with E-state index in [1.165, 1.54) is 0 Å². The van der Waals surface area contributed by atoms with Crippen molar-refractivity contribution in [2.45, 2.75) is 18.4 Å². The molecule has 114 valence electrons. The number of benzene rings is 1. The van der Waals surface area contributed by atoms with Crippen molar-refractivity contribution in [3.63, 3.8) is 0 Å². The van der Waals surface area contributed by atoms with Crippen LogP contribution in [0.1, 0.15) is 11.3 Å². The lowest BCUT2D eigenvalue weighted by molar-refractivity contribution is 0.556. The molecule has 0 aliphatic carbocycles. The molecular weight excluding hydrogens is 363 g/mol. The minimum Gasteiger partial charge on any atom is -0.398 e. The zero-order chi connectivity index (χ0) is 15.8. The number of rotatable bonds is 4. The summed E-state index contributed by atoms with van der Waals surface area (Å²) in [6.45, 7) is 1.84. The van der Waals surface area contributed by atoms with Crippen LogP contribution in [0.15, 0.2) is 27.7 Å². The number of halogens is 2. The van der Waals surface area contributed by atoms with Crippen molar-refractivity contribution in [3.8, 4) is 0 Å². The Morgan fingerprint density at radius 1 is 1.48 bits per heavy atom. The van der Waals surface area contributed by atoms with Crippen LogP contribution < -0.4 is 10.5 Å². The molecule has 0 bridgehead atoms. The van der Waals surface area contributed by atoms with E-state index in [2.05, 4.69) is 25.8 Å². The number of sulfonamides is 1. The predicted molar refractivity (Wildman–Crippen MR) is 80.5 cm³/mol. The molecule has 2 rings (SSSR count). The van der Waals surface area contributed by atoms with Crippen molar-refractivity contribution in [2.75, 3.05) is 5.73 Å². The van der Waals surface area contributed by atoms with Crippen LogP contribution in [0.5, 0.6) is 0 Å². The lowest BCUT2D eigenvalue weighted by Gasteiger charge is -2.09. The number of nitrogens with one attached hydrogen (secondary N) is 1. The minimum absolute atomic E-state index is 0.0252. The first kappa shape index (κ1) is 15.9. The summed E-state index contributed by atoms with van der Waals surface area (Å²) in [5, 5.41) is 4.01. The molecule has 2 aromatic rings. The lowest BCUT2D eigenvalue weighted by atomic mass is 10.3. The molecule has 0 saturated carbocycles. The molecule has 21 heavy (non-hydrogen) atoms. The second kappa shape index (κ2) is 5.74. The van der Waals surface area contributed by atoms with Gasteiger partial charge in [0, 0.05) is 35.0 Å². The van der Waals surface area contributed by atoms with E-state index < -0.39 is 20.7 Å². The summed E-state index contributed by atoms with van der Waals surface area (Å²) in [4.78, 5) is -0.482. The molecule has 0 unspecified atom stereocenters. The Hall–Kier alpha value is -1.45. The van der Waals surface area contributed by atoms with Gasteiger partial charge in [-0.2, -0.15) is 5.10 Å². The Morgan fingerprint density at radius 2 is 2.14 bits per heavy atom. The topological polar surface area (TPSA) is 90.0 Å². The summed E-state index contributed by atoms with van der Waals surface area (Å²) < 4.78 is 42.4. The van der Waals surface area contributed by atoms with Gasteiger partial charge in [-0.15, -0.1) is 0 Å². The molecule has 1 aromatic heterocycles. The molecular formula is C12H14BrFN4O2S. The number of hydrogen-bond donors (Lipinski definition) is 2. The van der Waals surface area contributed by atoms with Crippen LogP contribution in [0.25, 0.3) is 0 Å². The number of aromatic nitrogens is 2. The minimum atomic E-state index is -4.00. The van der Waals surface area contributed by atoms with E-state index >= 15 is 0 Å². The maximum absolute atomic E-state index is 13.8. The molecule has 0 amide bonds. The van der Waals surface area contributed by atoms with E-state index in [4.69, 9.17) is 5.73 Å². The summed E-state index contributed by atoms with van der Waals surface area (Å²) >= 11 is 3.04. The first-order valence-electron chi connectivity index (χ1n) is 5.94. The smallest absolute Gasteiger partial charge is 0.243 e. The Kier molecular flexibility index (Phi) is 4.35. The Labute approximate surface area is 130 Å². The second-order valence-corrected chi connectivity index (χ2v) is 7.10. The maximum Gasteiger partial charge on any atom is 0.243 e. The molecule has 1 aromatic carbocycles. The molecule has 6 nitrogen and oxygen atoms in total. The summed E-state index contributed by atoms with van der Waals surface area (Å²) in [6, 6.07) is 2.11. The van der Waals surface area contributed by atoms with Gasteiger partial charge in [0.25, 0.3) is 0 Å². The van der Waals surface area contributed by atoms with Crippen LogP contribution in [0.2, 0.25) is 0 Å². The number of hydrogen-bond acceptors (Lipinski definition) is 4. The number of nitrogen functional groups attached to an aromatic ring is 1. The summed E-state index contributed by atoms with van der Waals surface area (Å²) in [5.74, 6) is -0.869. The van der Waals surface area contributed by atoms with E-state index in [9.17, 15) is 12.8 Å². The van der Waals surface area contributed by atoms with Gasteiger partial charge < -0.3 is 5.73 Å². The number of aryl methyl sites for hydroxylation is 1. The van der Waals surface area contributed by atoms with Crippen molar-refractivity contribution < 1.29 is 12.8 Å². The third-order valence-corrected chi connectivity index (χ3v) is 5.23. The molecule has 0 aliphatic rings. The van der Waals surface area contributed by atoms with Crippen molar-refractivity contribution in [2.24, 2.45) is 7.05 Å². The zero-order valence-electron chi connectivity index (χ0n) is 11.4. The standard InChI is InChI=1S/C12H14BrFN4O2S/c1-7-8(5-16-18(7)2)6-17-21(19,20)12-4-11(15)9(13)3-10(12)14/h3-5,17H,6,15H2,1-2H3. The van der Waals surface area contributed by atoms with Gasteiger partial charge in [0.1, 0.15) is 10.7 Å². The van der Waals surface area contributed by atoms with Gasteiger partial charge in [-0.05, 0) is 35.0 Å². The van der Waals surface area contributed by atoms with Crippen LogP contribution in [-0.4, -0.2) is 18.2 Å². The molecule has 3 N–H and O–H groups in total. The van der Waals surface area contributed by atoms with Crippen LogP contribution in [0.4, 0.5) is 10.1 Å². The van der Waals surface area contributed by atoms with Gasteiger partial charge in [-0.25, -0.2) is 17.5 Å². The van der Waals surface area contributed by atoms with Crippen LogP contribution in [-0.2, 0) is 23.6 Å². The highest BCUT2D eigenvalue weighted by molar-refractivity contribution is 9.10. The van der Waals surface area contributed by atoms with Crippen molar-refractivity contribution >= 4 is 31.6 Å². The van der Waals surface area contributed by atoms with E-state index in [1.54, 1.807) is 17.9 Å². The number of nitrogens with two attached hydrogens (primary N) is 1. The first-order chi connectivity index (χ1) is 9.72. The fourth-order valence-electron chi connectivity index (χ4n) is 1.72. The average molecular weight is 377 g/mol. The fraction of sp³-hybridized carbons (Fsp3) is 0.250. The van der Waals surface area contributed by atoms with Crippen LogP contribution in [0.3, 0.4) is 0 Å². The zero-order valence-corrected chi connectivity index (χ0v) is 13.8. The average Bonchev–Trinajstić information content (AvgIpc) is 2.72. The Balaban J connectivity index is 2.27. The summed E-state index contributed by atoms with van der Waals surface area (Å²) in [5.41, 5.74) is 7.29. The maximum atomic E-state index is 13.8. The lowest BCUT2D eigenvalue weighted by Crippen LogP contribution is -2.24. The fourth-order valence-corrected chi connectivity index (χ4v) is 3.13. The Bertz CT molecular complexity index is 789. The molecule has 0 spiro atoms. The normalized spacial score (nSPS) is 11.8. The molecule has 0 saturated heterocycles. The molecule has 0 atom stereocenters. The van der Waals surface area contributed by atoms with Gasteiger partial charge in [0.2, 0.25) is 10.0 Å². The highest BCUT2D eigenvalue weighted by Crippen LogP contribution is 2.26. The number of anilines is 1. The van der Waals surface area contributed by atoms with E-state index in [0.29, 0.717) is 10.0 Å². The van der Waals surface area contributed by atoms with Crippen molar-refractivity contribution in [3.05, 3.63) is 39.9 Å². The summed E-state index contributed by atoms with van der Waals surface area (Å²) in [7, 11) is -2.25. The van der Waals surface area contributed by atoms with Crippen LogP contribution >= 0.6 is 15.9 Å². The molecule has 9 heteroatoms. The Morgan fingerprint density at radius 3 is 2.71 bits per heavy atom. The number of nitrogens with zero attached hydrogens (tertiary/aromatic N) is 2. The second-order valence-electron chi connectivity index (χ2n) is 4.51.